The lowest BCUT2D eigenvalue weighted by Crippen LogP contribution is -2.06. The van der Waals surface area contributed by atoms with Crippen molar-refractivity contribution < 1.29 is 0 Å². The Morgan fingerprint density at radius 2 is 0.857 bits per heavy atom. The fourth-order valence-electron chi connectivity index (χ4n) is 5.71. The molecule has 0 atom stereocenters. The van der Waals surface area contributed by atoms with Crippen molar-refractivity contribution in [3.8, 4) is 45.5 Å². The Labute approximate surface area is 240 Å². The molecule has 4 aromatic heterocycles. The summed E-state index contributed by atoms with van der Waals surface area (Å²) in [6, 6.07) is 26.8. The van der Waals surface area contributed by atoms with Gasteiger partial charge in [0.2, 0.25) is 0 Å². The first-order chi connectivity index (χ1) is 20.4. The van der Waals surface area contributed by atoms with Crippen LogP contribution in [0.4, 0.5) is 5.69 Å². The first-order valence-corrected chi connectivity index (χ1v) is 13.2. The molecular formula is C33H21N9. The summed E-state index contributed by atoms with van der Waals surface area (Å²) in [5.41, 5.74) is 11.9. The lowest BCUT2D eigenvalue weighted by atomic mass is 10.0. The number of hydrogen-bond donors (Lipinski definition) is 0. The molecule has 0 aliphatic heterocycles. The Balaban J connectivity index is 1.67. The maximum Gasteiger partial charge on any atom is 0.187 e. The number of hydrogen-bond acceptors (Lipinski definition) is 5. The summed E-state index contributed by atoms with van der Waals surface area (Å²) < 4.78 is 5.67. The minimum absolute atomic E-state index is 0.563. The number of nitrogens with zero attached hydrogens (tertiary/aromatic N) is 9. The van der Waals surface area contributed by atoms with Crippen molar-refractivity contribution in [1.29, 1.82) is 10.5 Å². The molecular weight excluding hydrogens is 522 g/mol. The van der Waals surface area contributed by atoms with Gasteiger partial charge in [-0.1, -0.05) is 48.5 Å². The zero-order valence-electron chi connectivity index (χ0n) is 23.0. The van der Waals surface area contributed by atoms with Gasteiger partial charge < -0.3 is 0 Å². The van der Waals surface area contributed by atoms with E-state index >= 15 is 0 Å². The van der Waals surface area contributed by atoms with E-state index in [0.29, 0.717) is 16.8 Å². The molecule has 0 N–H and O–H groups in total. The Hall–Kier alpha value is -6.24. The summed E-state index contributed by atoms with van der Waals surface area (Å²) in [4.78, 5) is 3.55. The number of rotatable bonds is 3. The van der Waals surface area contributed by atoms with Crippen LogP contribution in [0.25, 0.3) is 55.2 Å². The Bertz CT molecular complexity index is 2030. The molecule has 0 fully saturated rings. The van der Waals surface area contributed by atoms with Crippen molar-refractivity contribution in [2.45, 2.75) is 20.8 Å². The molecule has 0 radical (unpaired) electrons. The van der Waals surface area contributed by atoms with Gasteiger partial charge in [0, 0.05) is 16.7 Å². The predicted molar refractivity (Wildman–Crippen MR) is 159 cm³/mol. The van der Waals surface area contributed by atoms with Crippen LogP contribution >= 0.6 is 0 Å². The number of aryl methyl sites for hydroxylation is 3. The van der Waals surface area contributed by atoms with E-state index in [2.05, 4.69) is 17.0 Å². The molecule has 0 aliphatic rings. The van der Waals surface area contributed by atoms with Gasteiger partial charge in [-0.25, -0.2) is 4.85 Å². The van der Waals surface area contributed by atoms with Crippen LogP contribution in [0.1, 0.15) is 28.2 Å². The average Bonchev–Trinajstić information content (AvgIpc) is 3.67. The van der Waals surface area contributed by atoms with Crippen molar-refractivity contribution in [3.05, 3.63) is 112 Å². The van der Waals surface area contributed by atoms with Crippen molar-refractivity contribution >= 4 is 22.6 Å². The van der Waals surface area contributed by atoms with Crippen LogP contribution in [0.2, 0.25) is 0 Å². The van der Waals surface area contributed by atoms with E-state index in [4.69, 9.17) is 21.9 Å². The largest absolute Gasteiger partial charge is 0.238 e. The zero-order chi connectivity index (χ0) is 29.1. The van der Waals surface area contributed by atoms with Crippen LogP contribution in [-0.4, -0.2) is 28.8 Å². The third-order valence-electron chi connectivity index (χ3n) is 7.60. The molecule has 4 heterocycles. The fourth-order valence-corrected chi connectivity index (χ4v) is 5.71. The van der Waals surface area contributed by atoms with Gasteiger partial charge in [-0.2, -0.15) is 39.4 Å². The van der Waals surface area contributed by atoms with Crippen LogP contribution in [-0.2, 0) is 0 Å². The van der Waals surface area contributed by atoms with Crippen molar-refractivity contribution in [2.75, 3.05) is 0 Å². The molecule has 0 saturated heterocycles. The zero-order valence-corrected chi connectivity index (χ0v) is 23.0. The molecule has 3 aromatic carbocycles. The highest BCUT2D eigenvalue weighted by molar-refractivity contribution is 5.92. The molecule has 0 spiro atoms. The molecule has 9 heteroatoms. The van der Waals surface area contributed by atoms with Gasteiger partial charge in [-0.15, -0.1) is 0 Å². The summed E-state index contributed by atoms with van der Waals surface area (Å²) in [6.07, 6.45) is 0. The minimum Gasteiger partial charge on any atom is -0.238 e. The van der Waals surface area contributed by atoms with E-state index < -0.39 is 0 Å². The van der Waals surface area contributed by atoms with E-state index in [1.54, 1.807) is 24.3 Å². The number of nitriles is 2. The monoisotopic (exact) mass is 543 g/mol. The van der Waals surface area contributed by atoms with Crippen molar-refractivity contribution in [1.82, 2.24) is 28.8 Å². The summed E-state index contributed by atoms with van der Waals surface area (Å²) in [6.45, 7) is 13.3. The topological polar surface area (TPSA) is 104 Å². The lowest BCUT2D eigenvalue weighted by molar-refractivity contribution is 0.815. The Morgan fingerprint density at radius 3 is 1.14 bits per heavy atom. The van der Waals surface area contributed by atoms with Crippen LogP contribution in [0.5, 0.6) is 0 Å². The minimum atomic E-state index is 0.563. The number of aromatic nitrogens is 6. The van der Waals surface area contributed by atoms with E-state index in [1.165, 1.54) is 0 Å². The lowest BCUT2D eigenvalue weighted by Gasteiger charge is -2.09. The van der Waals surface area contributed by atoms with Crippen LogP contribution < -0.4 is 0 Å². The van der Waals surface area contributed by atoms with Crippen LogP contribution in [0, 0.1) is 50.0 Å². The molecule has 0 unspecified atom stereocenters. The fraction of sp³-hybridized carbons (Fsp3) is 0.0909. The highest BCUT2D eigenvalue weighted by Gasteiger charge is 2.27. The van der Waals surface area contributed by atoms with Gasteiger partial charge in [0.1, 0.15) is 0 Å². The first-order valence-electron chi connectivity index (χ1n) is 13.2. The Morgan fingerprint density at radius 1 is 0.548 bits per heavy atom. The van der Waals surface area contributed by atoms with E-state index in [0.717, 1.165) is 67.4 Å². The highest BCUT2D eigenvalue weighted by Crippen LogP contribution is 2.38. The average molecular weight is 544 g/mol. The molecule has 7 aromatic rings. The Kier molecular flexibility index (Phi) is 5.40. The molecule has 9 nitrogen and oxygen atoms in total. The van der Waals surface area contributed by atoms with Gasteiger partial charge in [0.15, 0.2) is 22.6 Å². The predicted octanol–water partition coefficient (Wildman–Crippen LogP) is 6.85. The van der Waals surface area contributed by atoms with Crippen LogP contribution in [0.3, 0.4) is 0 Å². The van der Waals surface area contributed by atoms with Crippen LogP contribution in [0.15, 0.2) is 72.8 Å². The third-order valence-corrected chi connectivity index (χ3v) is 7.60. The molecule has 0 bridgehead atoms. The smallest absolute Gasteiger partial charge is 0.187 e. The number of fused-ring (bicyclic) bond motifs is 6. The molecule has 0 aliphatic carbocycles. The second kappa shape index (κ2) is 9.16. The number of benzene rings is 3. The molecule has 42 heavy (non-hydrogen) atoms. The summed E-state index contributed by atoms with van der Waals surface area (Å²) in [5.74, 6) is 0. The van der Waals surface area contributed by atoms with Crippen molar-refractivity contribution in [2.24, 2.45) is 0 Å². The van der Waals surface area contributed by atoms with E-state index in [1.807, 2.05) is 82.8 Å². The normalized spacial score (nSPS) is 11.1. The van der Waals surface area contributed by atoms with Gasteiger partial charge in [-0.3, -0.25) is 0 Å². The van der Waals surface area contributed by atoms with E-state index in [9.17, 15) is 10.5 Å². The summed E-state index contributed by atoms with van der Waals surface area (Å²) in [7, 11) is 0. The van der Waals surface area contributed by atoms with Gasteiger partial charge in [0.05, 0.1) is 46.9 Å². The quantitative estimate of drug-likeness (QED) is 0.227. The highest BCUT2D eigenvalue weighted by atomic mass is 15.4. The standard InChI is InChI=1S/C33H21N9/c1-19-28(24-9-5-22(17-34)6-10-24)32-40(37-19)31-29(25-11-7-23(18-35)8-12-25)20(2)38-41(31)33-30(21(3)39-42(32)33)26-13-15-27(36-4)16-14-26/h5-16H,1-3H3. The second-order valence-electron chi connectivity index (χ2n) is 10.1. The van der Waals surface area contributed by atoms with Gasteiger partial charge in [0.25, 0.3) is 0 Å². The second-order valence-corrected chi connectivity index (χ2v) is 10.1. The molecule has 7 rings (SSSR count). The van der Waals surface area contributed by atoms with E-state index in [-0.39, 0.29) is 0 Å². The van der Waals surface area contributed by atoms with Gasteiger partial charge in [-0.05, 0) is 61.7 Å². The van der Waals surface area contributed by atoms with Crippen molar-refractivity contribution in [3.63, 3.8) is 0 Å². The maximum absolute atomic E-state index is 9.37. The molecule has 198 valence electrons. The first kappa shape index (κ1) is 24.8. The third kappa shape index (κ3) is 3.50. The summed E-state index contributed by atoms with van der Waals surface area (Å²) >= 11 is 0. The molecule has 0 saturated carbocycles. The van der Waals surface area contributed by atoms with Gasteiger partial charge >= 0.3 is 0 Å². The molecule has 0 amide bonds. The maximum atomic E-state index is 9.37. The SMILES string of the molecule is [C-]#[N+]c1ccc(-c2c(C)nn3c4c(-c5ccc(C#N)cc5)c(C)nn4c4c(-c5ccc(C#N)cc5)c(C)nn4c23)cc1. The summed E-state index contributed by atoms with van der Waals surface area (Å²) in [5, 5.41) is 33.8.